The van der Waals surface area contributed by atoms with E-state index in [9.17, 15) is 4.79 Å². The van der Waals surface area contributed by atoms with E-state index in [0.29, 0.717) is 63.3 Å². The molecule has 3 aromatic rings. The lowest BCUT2D eigenvalue weighted by molar-refractivity contribution is -0.117. The van der Waals surface area contributed by atoms with Crippen LogP contribution in [0.15, 0.2) is 31.0 Å². The minimum absolute atomic E-state index is 0.197. The van der Waals surface area contributed by atoms with Gasteiger partial charge >= 0.3 is 0 Å². The summed E-state index contributed by atoms with van der Waals surface area (Å²) in [6, 6.07) is 3.06. The highest BCUT2D eigenvalue weighted by Gasteiger charge is 2.45. The molecule has 2 atom stereocenters. The van der Waals surface area contributed by atoms with Gasteiger partial charge in [-0.05, 0) is 25.0 Å². The predicted molar refractivity (Wildman–Crippen MR) is 161 cm³/mol. The van der Waals surface area contributed by atoms with Gasteiger partial charge in [0.25, 0.3) is 0 Å². The molecule has 2 N–H and O–H groups in total. The Hall–Kier alpha value is -3.38. The SMILES string of the molecule is C=CC(=O)N[C@H]1COC[C@H]1Nc1ncc2cc(-c3c(Cl)c(OC)cc(OC)c3Cl)nc(N3CC4(CCOCC4)C3)c2n1. The van der Waals surface area contributed by atoms with Crippen molar-refractivity contribution in [1.29, 1.82) is 0 Å². The number of nitrogens with zero attached hydrogens (tertiary/aromatic N) is 4. The van der Waals surface area contributed by atoms with Crippen molar-refractivity contribution in [2.45, 2.75) is 24.9 Å². The average molecular weight is 616 g/mol. The van der Waals surface area contributed by atoms with E-state index in [1.807, 2.05) is 6.07 Å². The zero-order valence-corrected chi connectivity index (χ0v) is 24.9. The predicted octanol–water partition coefficient (Wildman–Crippen LogP) is 4.11. The van der Waals surface area contributed by atoms with Gasteiger partial charge in [-0.1, -0.05) is 29.8 Å². The molecule has 0 saturated carbocycles. The number of hydrogen-bond donors (Lipinski definition) is 2. The zero-order chi connectivity index (χ0) is 29.4. The Bertz CT molecular complexity index is 1500. The number of amides is 1. The summed E-state index contributed by atoms with van der Waals surface area (Å²) in [5, 5.41) is 7.66. The molecule has 3 aliphatic rings. The largest absolute Gasteiger partial charge is 0.495 e. The lowest BCUT2D eigenvalue weighted by atomic mass is 9.73. The Morgan fingerprint density at radius 2 is 1.76 bits per heavy atom. The normalized spacial score (nSPS) is 21.2. The van der Waals surface area contributed by atoms with Crippen molar-refractivity contribution in [3.05, 3.63) is 41.0 Å². The minimum Gasteiger partial charge on any atom is -0.495 e. The summed E-state index contributed by atoms with van der Waals surface area (Å²) in [6.07, 6.45) is 5.00. The topological polar surface area (TPSA) is 120 Å². The van der Waals surface area contributed by atoms with E-state index in [4.69, 9.17) is 52.1 Å². The van der Waals surface area contributed by atoms with Crippen molar-refractivity contribution >= 4 is 51.8 Å². The van der Waals surface area contributed by atoms with Gasteiger partial charge in [0.05, 0.1) is 55.3 Å². The van der Waals surface area contributed by atoms with E-state index < -0.39 is 0 Å². The Labute approximate surface area is 253 Å². The number of nitrogens with one attached hydrogen (secondary N) is 2. The number of benzene rings is 1. The van der Waals surface area contributed by atoms with Crippen LogP contribution in [-0.2, 0) is 14.3 Å². The number of carbonyl (C=O) groups excluding carboxylic acids is 1. The summed E-state index contributed by atoms with van der Waals surface area (Å²) in [4.78, 5) is 28.7. The monoisotopic (exact) mass is 614 g/mol. The van der Waals surface area contributed by atoms with Gasteiger partial charge in [0.1, 0.15) is 17.0 Å². The fraction of sp³-hybridized carbons (Fsp3) is 0.448. The molecule has 6 rings (SSSR count). The van der Waals surface area contributed by atoms with Gasteiger partial charge in [-0.15, -0.1) is 0 Å². The van der Waals surface area contributed by atoms with E-state index in [-0.39, 0.29) is 23.4 Å². The molecule has 3 fully saturated rings. The second-order valence-corrected chi connectivity index (χ2v) is 11.6. The molecule has 1 spiro atoms. The molecule has 5 heterocycles. The summed E-state index contributed by atoms with van der Waals surface area (Å²) in [7, 11) is 3.08. The number of carbonyl (C=O) groups is 1. The maximum absolute atomic E-state index is 11.9. The summed E-state index contributed by atoms with van der Waals surface area (Å²) in [5.74, 6) is 1.70. The van der Waals surface area contributed by atoms with Crippen LogP contribution < -0.4 is 25.0 Å². The van der Waals surface area contributed by atoms with E-state index in [1.165, 1.54) is 20.3 Å². The van der Waals surface area contributed by atoms with Crippen LogP contribution in [0.25, 0.3) is 22.2 Å². The van der Waals surface area contributed by atoms with Crippen LogP contribution >= 0.6 is 23.2 Å². The average Bonchev–Trinajstić information content (AvgIpc) is 3.42. The van der Waals surface area contributed by atoms with Crippen LogP contribution in [0, 0.1) is 5.41 Å². The summed E-state index contributed by atoms with van der Waals surface area (Å²) in [5.41, 5.74) is 1.94. The smallest absolute Gasteiger partial charge is 0.243 e. The summed E-state index contributed by atoms with van der Waals surface area (Å²) in [6.45, 7) is 7.51. The highest BCUT2D eigenvalue weighted by Crippen LogP contribution is 2.48. The van der Waals surface area contributed by atoms with Crippen LogP contribution in [0.1, 0.15) is 12.8 Å². The van der Waals surface area contributed by atoms with Gasteiger partial charge in [-0.25, -0.2) is 15.0 Å². The van der Waals surface area contributed by atoms with E-state index in [0.717, 1.165) is 44.5 Å². The third-order valence-electron chi connectivity index (χ3n) is 8.19. The van der Waals surface area contributed by atoms with Crippen molar-refractivity contribution in [3.63, 3.8) is 0 Å². The third kappa shape index (κ3) is 5.30. The number of fused-ring (bicyclic) bond motifs is 1. The molecule has 3 aliphatic heterocycles. The van der Waals surface area contributed by atoms with Crippen LogP contribution in [0.4, 0.5) is 11.8 Å². The molecular weight excluding hydrogens is 583 g/mol. The van der Waals surface area contributed by atoms with Crippen molar-refractivity contribution in [2.24, 2.45) is 5.41 Å². The molecule has 11 nitrogen and oxygen atoms in total. The van der Waals surface area contributed by atoms with Crippen molar-refractivity contribution in [3.8, 4) is 22.8 Å². The van der Waals surface area contributed by atoms with Crippen molar-refractivity contribution in [1.82, 2.24) is 20.3 Å². The number of aromatic nitrogens is 3. The van der Waals surface area contributed by atoms with Crippen LogP contribution in [0.3, 0.4) is 0 Å². The van der Waals surface area contributed by atoms with Crippen molar-refractivity contribution < 1.29 is 23.7 Å². The van der Waals surface area contributed by atoms with Gasteiger partial charge in [-0.2, -0.15) is 0 Å². The standard InChI is InChI=1S/C29H32Cl2N6O5/c1-4-22(38)33-18-12-42-13-19(18)35-28-32-11-16-9-17(23-24(30)20(39-2)10-21(40-3)25(23)31)34-27(26(16)36-28)37-14-29(15-37)5-7-41-8-6-29/h4,9-11,18-19H,1,5-8,12-15H2,2-3H3,(H,33,38)(H,32,35,36)/t18-,19+/m0/s1. The molecule has 1 aromatic carbocycles. The fourth-order valence-electron chi connectivity index (χ4n) is 5.83. The van der Waals surface area contributed by atoms with Crippen LogP contribution in [0.2, 0.25) is 10.0 Å². The highest BCUT2D eigenvalue weighted by molar-refractivity contribution is 6.41. The number of methoxy groups -OCH3 is 2. The molecule has 222 valence electrons. The first-order chi connectivity index (χ1) is 20.3. The molecule has 0 unspecified atom stereocenters. The summed E-state index contributed by atoms with van der Waals surface area (Å²) >= 11 is 13.6. The number of pyridine rings is 1. The Balaban J connectivity index is 1.41. The molecule has 13 heteroatoms. The first kappa shape index (κ1) is 28.7. The molecule has 0 aliphatic carbocycles. The lowest BCUT2D eigenvalue weighted by Gasteiger charge is -2.52. The number of anilines is 2. The first-order valence-electron chi connectivity index (χ1n) is 13.7. The quantitative estimate of drug-likeness (QED) is 0.359. The number of rotatable bonds is 8. The van der Waals surface area contributed by atoms with Crippen LogP contribution in [0.5, 0.6) is 11.5 Å². The Morgan fingerprint density at radius 1 is 1.07 bits per heavy atom. The van der Waals surface area contributed by atoms with E-state index in [1.54, 1.807) is 12.3 Å². The van der Waals surface area contributed by atoms with E-state index >= 15 is 0 Å². The van der Waals surface area contributed by atoms with Gasteiger partial charge in [0.15, 0.2) is 5.82 Å². The van der Waals surface area contributed by atoms with Gasteiger partial charge in [0.2, 0.25) is 11.9 Å². The number of halogens is 2. The Morgan fingerprint density at radius 3 is 2.43 bits per heavy atom. The fourth-order valence-corrected chi connectivity index (χ4v) is 6.53. The van der Waals surface area contributed by atoms with Gasteiger partial charge in [-0.3, -0.25) is 4.79 Å². The van der Waals surface area contributed by atoms with Gasteiger partial charge in [0, 0.05) is 54.9 Å². The van der Waals surface area contributed by atoms with Crippen LogP contribution in [-0.4, -0.2) is 86.7 Å². The minimum atomic E-state index is -0.262. The molecule has 0 radical (unpaired) electrons. The second-order valence-electron chi connectivity index (χ2n) is 10.8. The molecular formula is C29H32Cl2N6O5. The molecule has 42 heavy (non-hydrogen) atoms. The highest BCUT2D eigenvalue weighted by atomic mass is 35.5. The maximum atomic E-state index is 11.9. The van der Waals surface area contributed by atoms with E-state index in [2.05, 4.69) is 27.1 Å². The molecule has 0 bridgehead atoms. The number of ether oxygens (including phenoxy) is 4. The first-order valence-corrected chi connectivity index (χ1v) is 14.5. The molecule has 1 amide bonds. The van der Waals surface area contributed by atoms with Gasteiger partial charge < -0.3 is 34.5 Å². The third-order valence-corrected chi connectivity index (χ3v) is 8.94. The van der Waals surface area contributed by atoms with Crippen molar-refractivity contribution in [2.75, 3.05) is 64.0 Å². The zero-order valence-electron chi connectivity index (χ0n) is 23.4. The number of hydrogen-bond acceptors (Lipinski definition) is 10. The second kappa shape index (κ2) is 11.7. The molecule has 2 aromatic heterocycles. The lowest BCUT2D eigenvalue weighted by Crippen LogP contribution is -2.59. The maximum Gasteiger partial charge on any atom is 0.243 e. The summed E-state index contributed by atoms with van der Waals surface area (Å²) < 4.78 is 22.2. The molecule has 3 saturated heterocycles. The Kier molecular flexibility index (Phi) is 8.01.